The molecular formula is C25H31NO5. The number of nitrogens with one attached hydrogen (secondary N) is 1. The Bertz CT molecular complexity index is 863. The lowest BCUT2D eigenvalue weighted by Gasteiger charge is -2.28. The van der Waals surface area contributed by atoms with Crippen molar-refractivity contribution in [3.05, 3.63) is 60.2 Å². The number of amides is 1. The number of aliphatic carboxylic acids is 1. The van der Waals surface area contributed by atoms with Crippen LogP contribution in [0.1, 0.15) is 51.5 Å². The summed E-state index contributed by atoms with van der Waals surface area (Å²) in [6.07, 6.45) is 0.0741. The van der Waals surface area contributed by atoms with Crippen molar-refractivity contribution in [3.63, 3.8) is 0 Å². The monoisotopic (exact) mass is 425 g/mol. The molecule has 2 rings (SSSR count). The van der Waals surface area contributed by atoms with Crippen molar-refractivity contribution >= 4 is 17.8 Å². The smallest absolute Gasteiger partial charge is 0.308 e. The average molecular weight is 426 g/mol. The maximum atomic E-state index is 12.3. The molecule has 0 heterocycles. The van der Waals surface area contributed by atoms with Gasteiger partial charge in [0.05, 0.1) is 18.9 Å². The van der Waals surface area contributed by atoms with E-state index in [1.807, 2.05) is 61.5 Å². The summed E-state index contributed by atoms with van der Waals surface area (Å²) in [5.41, 5.74) is 3.24. The maximum absolute atomic E-state index is 12.3. The first-order valence-electron chi connectivity index (χ1n) is 10.6. The number of carbonyl (C=O) groups excluding carboxylic acids is 2. The zero-order valence-corrected chi connectivity index (χ0v) is 18.3. The van der Waals surface area contributed by atoms with Gasteiger partial charge in [0, 0.05) is 18.4 Å². The van der Waals surface area contributed by atoms with Gasteiger partial charge < -0.3 is 15.2 Å². The number of carboxylic acids is 1. The van der Waals surface area contributed by atoms with Gasteiger partial charge in [-0.25, -0.2) is 0 Å². The van der Waals surface area contributed by atoms with Crippen LogP contribution >= 0.6 is 0 Å². The van der Waals surface area contributed by atoms with Crippen molar-refractivity contribution in [2.45, 2.75) is 52.0 Å². The van der Waals surface area contributed by atoms with E-state index in [1.54, 1.807) is 13.8 Å². The Balaban J connectivity index is 2.17. The zero-order chi connectivity index (χ0) is 22.8. The Morgan fingerprint density at radius 2 is 1.55 bits per heavy atom. The van der Waals surface area contributed by atoms with Crippen LogP contribution in [0.5, 0.6) is 0 Å². The Morgan fingerprint density at radius 3 is 2.13 bits per heavy atom. The van der Waals surface area contributed by atoms with Gasteiger partial charge >= 0.3 is 11.9 Å². The molecule has 2 aromatic rings. The first kappa shape index (κ1) is 24.1. The fourth-order valence-corrected chi connectivity index (χ4v) is 3.49. The van der Waals surface area contributed by atoms with E-state index in [9.17, 15) is 14.4 Å². The fourth-order valence-electron chi connectivity index (χ4n) is 3.49. The highest BCUT2D eigenvalue weighted by Gasteiger charge is 2.27. The van der Waals surface area contributed by atoms with Gasteiger partial charge in [0.2, 0.25) is 5.91 Å². The average Bonchev–Trinajstić information content (AvgIpc) is 2.77. The molecule has 31 heavy (non-hydrogen) atoms. The summed E-state index contributed by atoms with van der Waals surface area (Å²) in [6.45, 7) is 5.83. The minimum atomic E-state index is -1.02. The largest absolute Gasteiger partial charge is 0.481 e. The van der Waals surface area contributed by atoms with Crippen LogP contribution in [0.15, 0.2) is 54.6 Å². The van der Waals surface area contributed by atoms with Gasteiger partial charge in [0.1, 0.15) is 0 Å². The quantitative estimate of drug-likeness (QED) is 0.521. The third-order valence-electron chi connectivity index (χ3n) is 5.36. The number of benzene rings is 2. The van der Waals surface area contributed by atoms with E-state index in [-0.39, 0.29) is 36.7 Å². The lowest BCUT2D eigenvalue weighted by Crippen LogP contribution is -2.40. The van der Waals surface area contributed by atoms with E-state index in [4.69, 9.17) is 9.84 Å². The SMILES string of the molecule is CCOC(=O)[C@H](C)C[C@H](NC(=O)CCC(=O)O)[C@H](C)c1ccc(-c2ccccc2)cc1. The maximum Gasteiger partial charge on any atom is 0.308 e. The van der Waals surface area contributed by atoms with Crippen molar-refractivity contribution in [2.24, 2.45) is 5.92 Å². The van der Waals surface area contributed by atoms with E-state index < -0.39 is 11.9 Å². The molecule has 166 valence electrons. The van der Waals surface area contributed by atoms with Crippen molar-refractivity contribution in [1.82, 2.24) is 5.32 Å². The predicted molar refractivity (Wildman–Crippen MR) is 120 cm³/mol. The molecule has 1 amide bonds. The third-order valence-corrected chi connectivity index (χ3v) is 5.36. The lowest BCUT2D eigenvalue weighted by molar-refractivity contribution is -0.148. The van der Waals surface area contributed by atoms with Crippen LogP contribution in [0.25, 0.3) is 11.1 Å². The third kappa shape index (κ3) is 7.55. The van der Waals surface area contributed by atoms with Crippen molar-refractivity contribution in [1.29, 1.82) is 0 Å². The Kier molecular flexibility index (Phi) is 9.25. The number of esters is 1. The molecule has 2 N–H and O–H groups in total. The fraction of sp³-hybridized carbons (Fsp3) is 0.400. The molecule has 0 aliphatic rings. The van der Waals surface area contributed by atoms with Gasteiger partial charge in [-0.1, -0.05) is 68.4 Å². The second kappa shape index (κ2) is 11.9. The normalized spacial score (nSPS) is 13.6. The number of hydrogen-bond acceptors (Lipinski definition) is 4. The number of rotatable bonds is 11. The van der Waals surface area contributed by atoms with Crippen LogP contribution < -0.4 is 5.32 Å². The van der Waals surface area contributed by atoms with Gasteiger partial charge in [-0.15, -0.1) is 0 Å². The lowest BCUT2D eigenvalue weighted by atomic mass is 9.86. The van der Waals surface area contributed by atoms with Crippen LogP contribution in [0.3, 0.4) is 0 Å². The van der Waals surface area contributed by atoms with Gasteiger partial charge in [-0.3, -0.25) is 14.4 Å². The van der Waals surface area contributed by atoms with Crippen molar-refractivity contribution < 1.29 is 24.2 Å². The molecule has 3 atom stereocenters. The first-order valence-corrected chi connectivity index (χ1v) is 10.6. The zero-order valence-electron chi connectivity index (χ0n) is 18.3. The van der Waals surface area contributed by atoms with E-state index in [0.717, 1.165) is 16.7 Å². The van der Waals surface area contributed by atoms with E-state index in [1.165, 1.54) is 0 Å². The van der Waals surface area contributed by atoms with Crippen LogP contribution in [-0.2, 0) is 19.1 Å². The molecule has 0 aliphatic heterocycles. The second-order valence-electron chi connectivity index (χ2n) is 7.73. The molecule has 0 saturated heterocycles. The van der Waals surface area contributed by atoms with Crippen LogP contribution in [0.2, 0.25) is 0 Å². The molecule has 6 nitrogen and oxygen atoms in total. The molecule has 0 bridgehead atoms. The molecule has 0 aliphatic carbocycles. The van der Waals surface area contributed by atoms with Crippen molar-refractivity contribution in [2.75, 3.05) is 6.61 Å². The van der Waals surface area contributed by atoms with Crippen molar-refractivity contribution in [3.8, 4) is 11.1 Å². The summed E-state index contributed by atoms with van der Waals surface area (Å²) in [7, 11) is 0. The molecule has 0 spiro atoms. The highest BCUT2D eigenvalue weighted by atomic mass is 16.5. The highest BCUT2D eigenvalue weighted by Crippen LogP contribution is 2.27. The second-order valence-corrected chi connectivity index (χ2v) is 7.73. The minimum absolute atomic E-state index is 0.0736. The Hall–Kier alpha value is -3.15. The molecule has 6 heteroatoms. The molecule has 0 radical (unpaired) electrons. The van der Waals surface area contributed by atoms with Gasteiger partial charge in [0.15, 0.2) is 0 Å². The number of carboxylic acid groups (broad SMARTS) is 1. The Labute approximate surface area is 183 Å². The molecule has 0 aromatic heterocycles. The number of ether oxygens (including phenoxy) is 1. The van der Waals surface area contributed by atoms with Gasteiger partial charge in [-0.2, -0.15) is 0 Å². The molecular weight excluding hydrogens is 394 g/mol. The van der Waals surface area contributed by atoms with Gasteiger partial charge in [-0.05, 0) is 30.0 Å². The Morgan fingerprint density at radius 1 is 0.935 bits per heavy atom. The summed E-state index contributed by atoms with van der Waals surface area (Å²) >= 11 is 0. The molecule has 2 aromatic carbocycles. The molecule has 0 fully saturated rings. The van der Waals surface area contributed by atoms with E-state index in [0.29, 0.717) is 13.0 Å². The summed E-state index contributed by atoms with van der Waals surface area (Å²) in [4.78, 5) is 35.2. The number of carbonyl (C=O) groups is 3. The number of hydrogen-bond donors (Lipinski definition) is 2. The van der Waals surface area contributed by atoms with Gasteiger partial charge in [0.25, 0.3) is 0 Å². The predicted octanol–water partition coefficient (Wildman–Crippen LogP) is 4.40. The van der Waals surface area contributed by atoms with Crippen LogP contribution in [-0.4, -0.2) is 35.6 Å². The summed E-state index contributed by atoms with van der Waals surface area (Å²) < 4.78 is 5.11. The topological polar surface area (TPSA) is 92.7 Å². The summed E-state index contributed by atoms with van der Waals surface area (Å²) in [5, 5.41) is 11.8. The first-order chi connectivity index (χ1) is 14.8. The van der Waals surface area contributed by atoms with E-state index in [2.05, 4.69) is 5.32 Å². The summed E-state index contributed by atoms with van der Waals surface area (Å²) in [5.74, 6) is -2.13. The molecule has 0 saturated carbocycles. The van der Waals surface area contributed by atoms with Crippen LogP contribution in [0.4, 0.5) is 0 Å². The highest BCUT2D eigenvalue weighted by molar-refractivity contribution is 5.81. The standard InChI is InChI=1S/C25H31NO5/c1-4-31-25(30)17(2)16-22(26-23(27)14-15-24(28)29)18(3)19-10-12-21(13-11-19)20-8-6-5-7-9-20/h5-13,17-18,22H,4,14-16H2,1-3H3,(H,26,27)(H,28,29)/t17-,18-,22+/m1/s1. The van der Waals surface area contributed by atoms with Crippen LogP contribution in [0, 0.1) is 5.92 Å². The summed E-state index contributed by atoms with van der Waals surface area (Å²) in [6, 6.07) is 17.9. The minimum Gasteiger partial charge on any atom is -0.481 e. The molecule has 0 unspecified atom stereocenters. The van der Waals surface area contributed by atoms with E-state index >= 15 is 0 Å².